The lowest BCUT2D eigenvalue weighted by atomic mass is 10.2. The Morgan fingerprint density at radius 2 is 2.29 bits per heavy atom. The number of amides is 2. The molecule has 0 aromatic rings. The summed E-state index contributed by atoms with van der Waals surface area (Å²) in [5.74, 6) is 0.751. The molecule has 1 fully saturated rings. The molecule has 98 valence electrons. The van der Waals surface area contributed by atoms with Gasteiger partial charge in [0.15, 0.2) is 6.10 Å². The zero-order valence-corrected chi connectivity index (χ0v) is 10.6. The molecule has 0 aromatic carbocycles. The molecule has 1 saturated heterocycles. The molecule has 0 radical (unpaired) electrons. The molecule has 17 heavy (non-hydrogen) atoms. The summed E-state index contributed by atoms with van der Waals surface area (Å²) < 4.78 is 0. The van der Waals surface area contributed by atoms with Crippen LogP contribution in [0.15, 0.2) is 0 Å². The predicted molar refractivity (Wildman–Crippen MR) is 65.2 cm³/mol. The maximum atomic E-state index is 11.7. The van der Waals surface area contributed by atoms with E-state index >= 15 is 0 Å². The summed E-state index contributed by atoms with van der Waals surface area (Å²) in [6.45, 7) is 0.163. The van der Waals surface area contributed by atoms with E-state index in [1.165, 1.54) is 0 Å². The molecule has 1 heterocycles. The second-order valence-corrected chi connectivity index (χ2v) is 5.15. The van der Waals surface area contributed by atoms with Crippen molar-refractivity contribution in [3.63, 3.8) is 0 Å². The van der Waals surface area contributed by atoms with Crippen LogP contribution < -0.4 is 5.32 Å². The fourth-order valence-electron chi connectivity index (χ4n) is 1.56. The number of carbonyl (C=O) groups is 2. The minimum absolute atomic E-state index is 0.0222. The third-order valence-corrected chi connectivity index (χ3v) is 3.90. The Bertz CT molecular complexity index is 281. The van der Waals surface area contributed by atoms with Crippen molar-refractivity contribution >= 4 is 23.8 Å². The Hall–Kier alpha value is -0.950. The van der Waals surface area contributed by atoms with E-state index in [2.05, 4.69) is 5.32 Å². The lowest BCUT2D eigenvalue weighted by Gasteiger charge is -2.24. The van der Waals surface area contributed by atoms with Crippen molar-refractivity contribution in [2.75, 3.05) is 25.1 Å². The Morgan fingerprint density at radius 1 is 1.59 bits per heavy atom. The molecule has 0 aliphatic carbocycles. The molecule has 0 spiro atoms. The van der Waals surface area contributed by atoms with Gasteiger partial charge in [-0.2, -0.15) is 11.8 Å². The number of hydrogen-bond acceptors (Lipinski definition) is 4. The van der Waals surface area contributed by atoms with Crippen molar-refractivity contribution in [1.82, 2.24) is 10.2 Å². The van der Waals surface area contributed by atoms with Crippen LogP contribution in [0.5, 0.6) is 0 Å². The lowest BCUT2D eigenvalue weighted by Crippen LogP contribution is -2.44. The van der Waals surface area contributed by atoms with Crippen molar-refractivity contribution in [3.05, 3.63) is 0 Å². The van der Waals surface area contributed by atoms with Crippen molar-refractivity contribution in [2.45, 2.75) is 25.0 Å². The maximum absolute atomic E-state index is 11.7. The Kier molecular flexibility index (Phi) is 5.57. The van der Waals surface area contributed by atoms with Crippen molar-refractivity contribution < 1.29 is 19.8 Å². The maximum Gasteiger partial charge on any atom is 0.332 e. The molecule has 1 aliphatic rings. The molecule has 3 N–H and O–H groups in total. The normalized spacial score (nSPS) is 20.9. The van der Waals surface area contributed by atoms with Crippen LogP contribution in [0.3, 0.4) is 0 Å². The molecule has 0 aromatic heterocycles. The number of nitrogens with zero attached hydrogens (tertiary/aromatic N) is 1. The number of aliphatic carboxylic acids is 1. The van der Waals surface area contributed by atoms with Gasteiger partial charge in [0.25, 0.3) is 0 Å². The SMILES string of the molecule is CN(C(=O)NCC[C@H](O)C(=O)O)C1CCSC1. The van der Waals surface area contributed by atoms with E-state index < -0.39 is 12.1 Å². The highest BCUT2D eigenvalue weighted by Crippen LogP contribution is 2.21. The summed E-state index contributed by atoms with van der Waals surface area (Å²) in [5, 5.41) is 20.1. The summed E-state index contributed by atoms with van der Waals surface area (Å²) in [5.41, 5.74) is 0. The summed E-state index contributed by atoms with van der Waals surface area (Å²) in [7, 11) is 1.74. The van der Waals surface area contributed by atoms with Gasteiger partial charge in [-0.1, -0.05) is 0 Å². The summed E-state index contributed by atoms with van der Waals surface area (Å²) in [6, 6.07) is 0.0412. The molecule has 6 nitrogen and oxygen atoms in total. The zero-order valence-electron chi connectivity index (χ0n) is 9.76. The van der Waals surface area contributed by atoms with E-state index in [1.54, 1.807) is 11.9 Å². The standard InChI is InChI=1S/C10H18N2O4S/c1-12(7-3-5-17-6-7)10(16)11-4-2-8(13)9(14)15/h7-8,13H,2-6H2,1H3,(H,11,16)(H,14,15)/t7?,8-/m0/s1. The second kappa shape index (κ2) is 6.70. The monoisotopic (exact) mass is 262 g/mol. The van der Waals surface area contributed by atoms with Gasteiger partial charge >= 0.3 is 12.0 Å². The first-order valence-electron chi connectivity index (χ1n) is 5.51. The van der Waals surface area contributed by atoms with Crippen LogP contribution in [-0.2, 0) is 4.79 Å². The van der Waals surface area contributed by atoms with Gasteiger partial charge in [-0.25, -0.2) is 9.59 Å². The van der Waals surface area contributed by atoms with Crippen LogP contribution >= 0.6 is 11.8 Å². The number of nitrogens with one attached hydrogen (secondary N) is 1. The Morgan fingerprint density at radius 3 is 2.82 bits per heavy atom. The van der Waals surface area contributed by atoms with Crippen molar-refractivity contribution in [3.8, 4) is 0 Å². The first-order valence-corrected chi connectivity index (χ1v) is 6.67. The number of aliphatic hydroxyl groups is 1. The third kappa shape index (κ3) is 4.43. The Labute approximate surface area is 104 Å². The van der Waals surface area contributed by atoms with E-state index in [0.29, 0.717) is 0 Å². The van der Waals surface area contributed by atoms with Crippen LogP contribution in [0.1, 0.15) is 12.8 Å². The lowest BCUT2D eigenvalue weighted by molar-refractivity contribution is -0.146. The zero-order chi connectivity index (χ0) is 12.8. The van der Waals surface area contributed by atoms with Crippen molar-refractivity contribution in [1.29, 1.82) is 0 Å². The van der Waals surface area contributed by atoms with Crippen molar-refractivity contribution in [2.24, 2.45) is 0 Å². The minimum Gasteiger partial charge on any atom is -0.479 e. The average Bonchev–Trinajstić information content (AvgIpc) is 2.80. The second-order valence-electron chi connectivity index (χ2n) is 4.00. The quantitative estimate of drug-likeness (QED) is 0.647. The molecule has 2 amide bonds. The smallest absolute Gasteiger partial charge is 0.332 e. The molecular formula is C10H18N2O4S. The van der Waals surface area contributed by atoms with Gasteiger partial charge in [-0.15, -0.1) is 0 Å². The summed E-state index contributed by atoms with van der Waals surface area (Å²) in [4.78, 5) is 23.6. The summed E-state index contributed by atoms with van der Waals surface area (Å²) in [6.07, 6.45) is -0.400. The van der Waals surface area contributed by atoms with Gasteiger partial charge < -0.3 is 20.4 Å². The van der Waals surface area contributed by atoms with E-state index in [9.17, 15) is 9.59 Å². The largest absolute Gasteiger partial charge is 0.479 e. The molecule has 7 heteroatoms. The van der Waals surface area contributed by atoms with Gasteiger partial charge in [-0.3, -0.25) is 0 Å². The van der Waals surface area contributed by atoms with Crippen LogP contribution in [0, 0.1) is 0 Å². The number of carbonyl (C=O) groups excluding carboxylic acids is 1. The fourth-order valence-corrected chi connectivity index (χ4v) is 2.83. The first kappa shape index (κ1) is 14.1. The van der Waals surface area contributed by atoms with Crippen LogP contribution in [0.25, 0.3) is 0 Å². The molecule has 1 rings (SSSR count). The number of rotatable bonds is 5. The molecular weight excluding hydrogens is 244 g/mol. The van der Waals surface area contributed by atoms with Crippen LogP contribution in [0.4, 0.5) is 4.79 Å². The van der Waals surface area contributed by atoms with Gasteiger partial charge in [-0.05, 0) is 12.2 Å². The van der Waals surface area contributed by atoms with E-state index in [1.807, 2.05) is 11.8 Å². The molecule has 0 saturated carbocycles. The minimum atomic E-state index is -1.41. The number of carboxylic acids is 1. The third-order valence-electron chi connectivity index (χ3n) is 2.75. The van der Waals surface area contributed by atoms with Gasteiger partial charge in [0, 0.05) is 31.8 Å². The van der Waals surface area contributed by atoms with Gasteiger partial charge in [0.1, 0.15) is 0 Å². The number of hydrogen-bond donors (Lipinski definition) is 3. The van der Waals surface area contributed by atoms with E-state index in [0.717, 1.165) is 17.9 Å². The number of carboxylic acid groups (broad SMARTS) is 1. The number of thioether (sulfide) groups is 1. The highest BCUT2D eigenvalue weighted by atomic mass is 32.2. The fraction of sp³-hybridized carbons (Fsp3) is 0.800. The molecule has 2 atom stereocenters. The summed E-state index contributed by atoms with van der Waals surface area (Å²) >= 11 is 1.82. The van der Waals surface area contributed by atoms with Gasteiger partial charge in [0.2, 0.25) is 0 Å². The highest BCUT2D eigenvalue weighted by Gasteiger charge is 2.23. The highest BCUT2D eigenvalue weighted by molar-refractivity contribution is 7.99. The molecule has 1 unspecified atom stereocenters. The number of aliphatic hydroxyl groups excluding tert-OH is 1. The topological polar surface area (TPSA) is 89.9 Å². The van der Waals surface area contributed by atoms with E-state index in [4.69, 9.17) is 10.2 Å². The average molecular weight is 262 g/mol. The van der Waals surface area contributed by atoms with Gasteiger partial charge in [0.05, 0.1) is 0 Å². The van der Waals surface area contributed by atoms with Crippen LogP contribution in [0.2, 0.25) is 0 Å². The number of urea groups is 1. The molecule has 0 bridgehead atoms. The Balaban J connectivity index is 2.22. The van der Waals surface area contributed by atoms with E-state index in [-0.39, 0.29) is 25.0 Å². The molecule has 1 aliphatic heterocycles. The van der Waals surface area contributed by atoms with Crippen LogP contribution in [-0.4, -0.2) is 64.4 Å². The first-order chi connectivity index (χ1) is 8.02. The predicted octanol–water partition coefficient (Wildman–Crippen LogP) is -0.0311.